The zero-order valence-corrected chi connectivity index (χ0v) is 16.1. The van der Waals surface area contributed by atoms with Crippen LogP contribution in [0.3, 0.4) is 0 Å². The van der Waals surface area contributed by atoms with Gasteiger partial charge in [-0.25, -0.2) is 13.8 Å². The Morgan fingerprint density at radius 2 is 1.85 bits per heavy atom. The normalized spacial score (nSPS) is 20.6. The molecule has 4 heterocycles. The van der Waals surface area contributed by atoms with Crippen molar-refractivity contribution < 1.29 is 13.6 Å². The van der Waals surface area contributed by atoms with Gasteiger partial charge in [-0.05, 0) is 25.8 Å². The minimum Gasteiger partial charge on any atom is -0.348 e. The summed E-state index contributed by atoms with van der Waals surface area (Å²) < 4.78 is 27.7. The van der Waals surface area contributed by atoms with Crippen LogP contribution in [0.4, 0.5) is 8.78 Å². The number of carbonyl (C=O) groups excluding carboxylic acids is 1. The van der Waals surface area contributed by atoms with Crippen LogP contribution in [0.5, 0.6) is 0 Å². The van der Waals surface area contributed by atoms with E-state index in [2.05, 4.69) is 15.3 Å². The first kappa shape index (κ1) is 17.6. The molecule has 0 unspecified atom stereocenters. The summed E-state index contributed by atoms with van der Waals surface area (Å²) in [6.45, 7) is 1.41. The Balaban J connectivity index is 1.44. The summed E-state index contributed by atoms with van der Waals surface area (Å²) in [6, 6.07) is 7.09. The van der Waals surface area contributed by atoms with Crippen LogP contribution in [0, 0.1) is 18.6 Å². The van der Waals surface area contributed by atoms with Crippen molar-refractivity contribution >= 4 is 25.0 Å². The van der Waals surface area contributed by atoms with Crippen LogP contribution in [0.25, 0.3) is 11.0 Å². The SMILES string of the molecule is Cc1nc2[nH]c(C(=O)NC3CC[Si]4(CCCCC4)CC3)cc2c(F)c1F. The molecule has 0 atom stereocenters. The molecule has 2 aromatic heterocycles. The predicted molar refractivity (Wildman–Crippen MR) is 100 cm³/mol. The maximum absolute atomic E-state index is 14.0. The van der Waals surface area contributed by atoms with Gasteiger partial charge in [0.2, 0.25) is 0 Å². The lowest BCUT2D eigenvalue weighted by atomic mass is 10.1. The summed E-state index contributed by atoms with van der Waals surface area (Å²) in [5.74, 6) is -2.17. The summed E-state index contributed by atoms with van der Waals surface area (Å²) in [4.78, 5) is 19.4. The van der Waals surface area contributed by atoms with Crippen molar-refractivity contribution in [2.24, 2.45) is 0 Å². The molecule has 2 aromatic rings. The first-order chi connectivity index (χ1) is 12.5. The predicted octanol–water partition coefficient (Wildman–Crippen LogP) is 4.67. The molecule has 2 fully saturated rings. The smallest absolute Gasteiger partial charge is 0.267 e. The molecule has 0 aliphatic carbocycles. The van der Waals surface area contributed by atoms with E-state index in [0.29, 0.717) is 0 Å². The standard InChI is InChI=1S/C19H25F2N3OSi/c1-12-16(20)17(21)14-11-15(24-18(14)22-12)19(25)23-13-5-9-26(10-6-13)7-3-2-4-8-26/h11,13H,2-10H2,1H3,(H,22,24)(H,23,25). The van der Waals surface area contributed by atoms with Gasteiger partial charge in [0.25, 0.3) is 5.91 Å². The van der Waals surface area contributed by atoms with Crippen molar-refractivity contribution in [2.75, 3.05) is 0 Å². The molecule has 1 spiro atoms. The fourth-order valence-electron chi connectivity index (χ4n) is 4.75. The number of aromatic amines is 1. The lowest BCUT2D eigenvalue weighted by Crippen LogP contribution is -2.46. The Kier molecular flexibility index (Phi) is 4.58. The van der Waals surface area contributed by atoms with E-state index in [1.807, 2.05) is 0 Å². The molecule has 1 amide bonds. The van der Waals surface area contributed by atoms with E-state index in [1.54, 1.807) is 0 Å². The van der Waals surface area contributed by atoms with E-state index in [1.165, 1.54) is 56.4 Å². The minimum atomic E-state index is -1.05. The van der Waals surface area contributed by atoms with E-state index in [9.17, 15) is 13.6 Å². The number of aryl methyl sites for hydroxylation is 1. The van der Waals surface area contributed by atoms with Crippen molar-refractivity contribution in [3.05, 3.63) is 29.1 Å². The summed E-state index contributed by atoms with van der Waals surface area (Å²) >= 11 is 0. The number of rotatable bonds is 2. The third-order valence-corrected chi connectivity index (χ3v) is 11.9. The fraction of sp³-hybridized carbons (Fsp3) is 0.579. The number of carbonyl (C=O) groups is 1. The highest BCUT2D eigenvalue weighted by Gasteiger charge is 2.38. The molecular weight excluding hydrogens is 352 g/mol. The van der Waals surface area contributed by atoms with Gasteiger partial charge in [-0.3, -0.25) is 4.79 Å². The van der Waals surface area contributed by atoms with Crippen LogP contribution >= 0.6 is 0 Å². The average molecular weight is 378 g/mol. The lowest BCUT2D eigenvalue weighted by Gasteiger charge is -2.41. The number of H-pyrrole nitrogens is 1. The van der Waals surface area contributed by atoms with E-state index < -0.39 is 19.7 Å². The number of fused-ring (bicyclic) bond motifs is 1. The zero-order valence-electron chi connectivity index (χ0n) is 15.1. The summed E-state index contributed by atoms with van der Waals surface area (Å²) in [7, 11) is -1.05. The first-order valence-electron chi connectivity index (χ1n) is 9.63. The monoisotopic (exact) mass is 377 g/mol. The molecule has 0 aromatic carbocycles. The molecule has 2 aliphatic rings. The number of nitrogens with one attached hydrogen (secondary N) is 2. The maximum atomic E-state index is 14.0. The molecule has 140 valence electrons. The van der Waals surface area contributed by atoms with Gasteiger partial charge in [0.15, 0.2) is 11.6 Å². The molecule has 2 N–H and O–H groups in total. The minimum absolute atomic E-state index is 0.0150. The highest BCUT2D eigenvalue weighted by atomic mass is 28.3. The molecule has 2 aliphatic heterocycles. The molecule has 0 bridgehead atoms. The Morgan fingerprint density at radius 1 is 1.15 bits per heavy atom. The largest absolute Gasteiger partial charge is 0.348 e. The van der Waals surface area contributed by atoms with E-state index in [0.717, 1.165) is 12.8 Å². The number of hydrogen-bond donors (Lipinski definition) is 2. The number of nitrogens with zero attached hydrogens (tertiary/aromatic N) is 1. The second-order valence-corrected chi connectivity index (χ2v) is 13.1. The first-order valence-corrected chi connectivity index (χ1v) is 12.5. The van der Waals surface area contributed by atoms with Crippen molar-refractivity contribution in [1.29, 1.82) is 0 Å². The van der Waals surface area contributed by atoms with Gasteiger partial charge in [-0.2, -0.15) is 0 Å². The van der Waals surface area contributed by atoms with E-state index >= 15 is 0 Å². The van der Waals surface area contributed by atoms with Crippen LogP contribution in [0.15, 0.2) is 6.07 Å². The molecule has 26 heavy (non-hydrogen) atoms. The Hall–Kier alpha value is -1.76. The summed E-state index contributed by atoms with van der Waals surface area (Å²) in [5, 5.41) is 3.10. The third-order valence-electron chi connectivity index (χ3n) is 6.36. The van der Waals surface area contributed by atoms with Crippen molar-refractivity contribution in [3.8, 4) is 0 Å². The number of aromatic nitrogens is 2. The van der Waals surface area contributed by atoms with E-state index in [-0.39, 0.29) is 34.4 Å². The molecule has 0 saturated carbocycles. The van der Waals surface area contributed by atoms with E-state index in [4.69, 9.17) is 0 Å². The van der Waals surface area contributed by atoms with Gasteiger partial charge < -0.3 is 10.3 Å². The zero-order chi connectivity index (χ0) is 18.3. The second-order valence-electron chi connectivity index (χ2n) is 8.08. The summed E-state index contributed by atoms with van der Waals surface area (Å²) in [6.07, 6.45) is 6.29. The van der Waals surface area contributed by atoms with Crippen molar-refractivity contribution in [1.82, 2.24) is 15.3 Å². The van der Waals surface area contributed by atoms with Crippen LogP contribution in [0.1, 0.15) is 48.3 Å². The Bertz CT molecular complexity index is 835. The van der Waals surface area contributed by atoms with Crippen molar-refractivity contribution in [3.63, 3.8) is 0 Å². The maximum Gasteiger partial charge on any atom is 0.267 e. The fourth-order valence-corrected chi connectivity index (χ4v) is 10.2. The third kappa shape index (κ3) is 3.17. The van der Waals surface area contributed by atoms with Crippen LogP contribution in [0.2, 0.25) is 24.2 Å². The average Bonchev–Trinajstić information content (AvgIpc) is 3.07. The Morgan fingerprint density at radius 3 is 2.54 bits per heavy atom. The molecule has 4 rings (SSSR count). The number of halogens is 2. The number of hydrogen-bond acceptors (Lipinski definition) is 2. The summed E-state index contributed by atoms with van der Waals surface area (Å²) in [5.41, 5.74) is 0.439. The van der Waals surface area contributed by atoms with Gasteiger partial charge >= 0.3 is 0 Å². The van der Waals surface area contributed by atoms with Gasteiger partial charge in [-0.1, -0.05) is 43.4 Å². The highest BCUT2D eigenvalue weighted by molar-refractivity contribution is 6.80. The lowest BCUT2D eigenvalue weighted by molar-refractivity contribution is 0.0929. The highest BCUT2D eigenvalue weighted by Crippen LogP contribution is 2.40. The number of amides is 1. The number of pyridine rings is 1. The van der Waals surface area contributed by atoms with Crippen LogP contribution in [-0.4, -0.2) is 30.0 Å². The molecule has 4 nitrogen and oxygen atoms in total. The van der Waals surface area contributed by atoms with Crippen LogP contribution in [-0.2, 0) is 0 Å². The Labute approximate surface area is 152 Å². The molecule has 0 radical (unpaired) electrons. The van der Waals surface area contributed by atoms with Gasteiger partial charge in [0, 0.05) is 6.04 Å². The molecule has 7 heteroatoms. The topological polar surface area (TPSA) is 57.8 Å². The molecule has 2 saturated heterocycles. The van der Waals surface area contributed by atoms with Gasteiger partial charge in [-0.15, -0.1) is 0 Å². The van der Waals surface area contributed by atoms with Crippen molar-refractivity contribution in [2.45, 2.75) is 69.2 Å². The van der Waals surface area contributed by atoms with Crippen LogP contribution < -0.4 is 5.32 Å². The molecular formula is C19H25F2N3OSi. The second kappa shape index (κ2) is 6.76. The quantitative estimate of drug-likeness (QED) is 0.747. The van der Waals surface area contributed by atoms with Gasteiger partial charge in [0.1, 0.15) is 11.3 Å². The van der Waals surface area contributed by atoms with Gasteiger partial charge in [0.05, 0.1) is 19.2 Å².